The molecule has 1 aromatic rings. The Hall–Kier alpha value is -1.45. The third-order valence-corrected chi connectivity index (χ3v) is 4.70. The van der Waals surface area contributed by atoms with E-state index in [0.29, 0.717) is 12.8 Å². The molecule has 0 atom stereocenters. The van der Waals surface area contributed by atoms with Gasteiger partial charge in [-0.1, -0.05) is 38.3 Å². The summed E-state index contributed by atoms with van der Waals surface area (Å²) >= 11 is 0. The minimum atomic E-state index is -3.44. The average molecular weight is 324 g/mol. The molecule has 0 spiro atoms. The number of carbonyl (C=O) groups excluding carboxylic acids is 1. The van der Waals surface area contributed by atoms with Gasteiger partial charge in [-0.25, -0.2) is 4.79 Å². The molecule has 0 radical (unpaired) electrons. The van der Waals surface area contributed by atoms with Crippen LogP contribution in [0.15, 0.2) is 24.3 Å². The lowest BCUT2D eigenvalue weighted by molar-refractivity contribution is -0.185. The minimum absolute atomic E-state index is 0.173. The molecule has 1 aromatic carbocycles. The highest BCUT2D eigenvalue weighted by molar-refractivity contribution is 5.89. The summed E-state index contributed by atoms with van der Waals surface area (Å²) in [5, 5.41) is 0. The van der Waals surface area contributed by atoms with Gasteiger partial charge in [0.05, 0.1) is 5.56 Å². The van der Waals surface area contributed by atoms with Crippen molar-refractivity contribution >= 4 is 5.97 Å². The van der Waals surface area contributed by atoms with Gasteiger partial charge in [0.2, 0.25) is 0 Å². The molecular weight excluding hydrogens is 298 g/mol. The number of hydrogen-bond donors (Lipinski definition) is 0. The summed E-state index contributed by atoms with van der Waals surface area (Å²) in [4.78, 5) is 11.6. The van der Waals surface area contributed by atoms with E-state index in [1.807, 2.05) is 12.1 Å². The quantitative estimate of drug-likeness (QED) is 0.607. The molecule has 1 aliphatic carbocycles. The summed E-state index contributed by atoms with van der Waals surface area (Å²) in [5.41, 5.74) is 1.37. The van der Waals surface area contributed by atoms with Crippen molar-refractivity contribution in [3.63, 3.8) is 0 Å². The number of esters is 1. The Morgan fingerprint density at radius 3 is 2.30 bits per heavy atom. The highest BCUT2D eigenvalue weighted by Gasteiger charge is 2.27. The Morgan fingerprint density at radius 1 is 1.17 bits per heavy atom. The predicted molar refractivity (Wildman–Crippen MR) is 86.7 cm³/mol. The summed E-state index contributed by atoms with van der Waals surface area (Å²) in [5.74, 6) is 0.394. The number of halogens is 2. The van der Waals surface area contributed by atoms with Gasteiger partial charge in [-0.05, 0) is 55.2 Å². The van der Waals surface area contributed by atoms with Gasteiger partial charge < -0.3 is 4.74 Å². The lowest BCUT2D eigenvalue weighted by atomic mass is 9.77. The van der Waals surface area contributed by atoms with Crippen molar-refractivity contribution in [3.8, 4) is 0 Å². The Kier molecular flexibility index (Phi) is 6.14. The highest BCUT2D eigenvalue weighted by atomic mass is 19.3. The largest absolute Gasteiger partial charge is 0.397 e. The number of alkyl halides is 2. The number of ether oxygens (including phenoxy) is 1. The van der Waals surface area contributed by atoms with Gasteiger partial charge in [0, 0.05) is 6.92 Å². The average Bonchev–Trinajstić information content (AvgIpc) is 2.52. The van der Waals surface area contributed by atoms with E-state index in [0.717, 1.165) is 5.92 Å². The van der Waals surface area contributed by atoms with E-state index in [1.165, 1.54) is 50.5 Å². The van der Waals surface area contributed by atoms with Crippen LogP contribution in [0.2, 0.25) is 0 Å². The van der Waals surface area contributed by atoms with Crippen LogP contribution in [0.1, 0.15) is 80.6 Å². The molecule has 0 bridgehead atoms. The van der Waals surface area contributed by atoms with Crippen molar-refractivity contribution in [3.05, 3.63) is 35.4 Å². The summed E-state index contributed by atoms with van der Waals surface area (Å²) in [6.45, 7) is 2.79. The maximum Gasteiger partial charge on any atom is 0.397 e. The molecule has 0 heterocycles. The lowest BCUT2D eigenvalue weighted by Gasteiger charge is -2.28. The molecule has 2 nitrogen and oxygen atoms in total. The zero-order valence-corrected chi connectivity index (χ0v) is 14.0. The maximum atomic E-state index is 12.7. The van der Waals surface area contributed by atoms with Crippen LogP contribution in [0.3, 0.4) is 0 Å². The first-order valence-electron chi connectivity index (χ1n) is 8.60. The van der Waals surface area contributed by atoms with E-state index < -0.39 is 12.1 Å². The van der Waals surface area contributed by atoms with Crippen LogP contribution in [0, 0.1) is 5.92 Å². The monoisotopic (exact) mass is 324 g/mol. The van der Waals surface area contributed by atoms with Gasteiger partial charge in [-0.15, -0.1) is 0 Å². The maximum absolute atomic E-state index is 12.7. The third-order valence-electron chi connectivity index (χ3n) is 4.70. The molecule has 4 heteroatoms. The van der Waals surface area contributed by atoms with Crippen LogP contribution < -0.4 is 0 Å². The summed E-state index contributed by atoms with van der Waals surface area (Å²) in [7, 11) is 0. The molecule has 0 saturated heterocycles. The Labute approximate surface area is 137 Å². The Bertz CT molecular complexity index is 497. The molecule has 1 fully saturated rings. The van der Waals surface area contributed by atoms with E-state index in [2.05, 4.69) is 11.7 Å². The molecule has 0 aliphatic heterocycles. The molecule has 0 N–H and O–H groups in total. The summed E-state index contributed by atoms with van der Waals surface area (Å²) < 4.78 is 29.5. The van der Waals surface area contributed by atoms with Gasteiger partial charge >= 0.3 is 12.1 Å². The van der Waals surface area contributed by atoms with E-state index in [1.54, 1.807) is 12.1 Å². The fourth-order valence-electron chi connectivity index (χ4n) is 3.39. The molecule has 128 valence electrons. The van der Waals surface area contributed by atoms with Gasteiger partial charge in [0.25, 0.3) is 0 Å². The van der Waals surface area contributed by atoms with Crippen LogP contribution in [0.4, 0.5) is 8.78 Å². The van der Waals surface area contributed by atoms with Crippen molar-refractivity contribution < 1.29 is 18.3 Å². The second kappa shape index (κ2) is 7.89. The molecule has 0 unspecified atom stereocenters. The number of carbonyl (C=O) groups is 1. The van der Waals surface area contributed by atoms with E-state index in [-0.39, 0.29) is 5.56 Å². The fraction of sp³-hybridized carbons (Fsp3) is 0.632. The van der Waals surface area contributed by atoms with Crippen molar-refractivity contribution in [2.45, 2.75) is 70.8 Å². The second-order valence-corrected chi connectivity index (χ2v) is 6.68. The molecule has 0 amide bonds. The third kappa shape index (κ3) is 5.60. The van der Waals surface area contributed by atoms with Crippen LogP contribution in [0.25, 0.3) is 0 Å². The highest BCUT2D eigenvalue weighted by Crippen LogP contribution is 2.37. The van der Waals surface area contributed by atoms with Crippen molar-refractivity contribution in [1.29, 1.82) is 0 Å². The van der Waals surface area contributed by atoms with Gasteiger partial charge in [0.15, 0.2) is 0 Å². The first-order chi connectivity index (χ1) is 10.9. The number of hydrogen-bond acceptors (Lipinski definition) is 2. The number of rotatable bonds is 6. The Balaban J connectivity index is 1.89. The normalized spacial score (nSPS) is 21.9. The summed E-state index contributed by atoms with van der Waals surface area (Å²) in [6, 6.07) is 6.93. The first kappa shape index (κ1) is 17.9. The minimum Gasteiger partial charge on any atom is -0.397 e. The van der Waals surface area contributed by atoms with E-state index in [9.17, 15) is 13.6 Å². The van der Waals surface area contributed by atoms with Crippen LogP contribution in [0.5, 0.6) is 0 Å². The van der Waals surface area contributed by atoms with E-state index >= 15 is 0 Å². The van der Waals surface area contributed by atoms with Crippen LogP contribution in [-0.2, 0) is 4.74 Å². The zero-order chi connectivity index (χ0) is 16.9. The van der Waals surface area contributed by atoms with Crippen molar-refractivity contribution in [2.24, 2.45) is 5.92 Å². The Morgan fingerprint density at radius 2 is 1.78 bits per heavy atom. The lowest BCUT2D eigenvalue weighted by Crippen LogP contribution is -2.21. The molecule has 2 rings (SSSR count). The van der Waals surface area contributed by atoms with Crippen LogP contribution >= 0.6 is 0 Å². The van der Waals surface area contributed by atoms with Crippen molar-refractivity contribution in [2.75, 3.05) is 0 Å². The van der Waals surface area contributed by atoms with Gasteiger partial charge in [-0.2, -0.15) is 8.78 Å². The molecule has 1 saturated carbocycles. The molecular formula is C19H26F2O2. The molecule has 1 aliphatic rings. The standard InChI is InChI=1S/C19H26F2O2/c1-3-4-5-14-6-8-15(9-7-14)16-10-12-17(13-11-16)18(22)23-19(2,20)21/h10-15H,3-9H2,1-2H3. The smallest absolute Gasteiger partial charge is 0.397 e. The topological polar surface area (TPSA) is 26.3 Å². The second-order valence-electron chi connectivity index (χ2n) is 6.68. The van der Waals surface area contributed by atoms with Crippen molar-refractivity contribution in [1.82, 2.24) is 0 Å². The van der Waals surface area contributed by atoms with Gasteiger partial charge in [0.1, 0.15) is 0 Å². The SMILES string of the molecule is CCCCC1CCC(c2ccc(C(=O)OC(C)(F)F)cc2)CC1. The zero-order valence-electron chi connectivity index (χ0n) is 14.0. The predicted octanol–water partition coefficient (Wildman–Crippen LogP) is 5.92. The summed E-state index contributed by atoms with van der Waals surface area (Å²) in [6.07, 6.45) is 5.33. The molecule has 0 aromatic heterocycles. The first-order valence-corrected chi connectivity index (χ1v) is 8.60. The number of unbranched alkanes of at least 4 members (excludes halogenated alkanes) is 1. The van der Waals surface area contributed by atoms with Crippen LogP contribution in [-0.4, -0.2) is 12.1 Å². The number of benzene rings is 1. The fourth-order valence-corrected chi connectivity index (χ4v) is 3.39. The van der Waals surface area contributed by atoms with Gasteiger partial charge in [-0.3, -0.25) is 0 Å². The molecule has 23 heavy (non-hydrogen) atoms. The van der Waals surface area contributed by atoms with E-state index in [4.69, 9.17) is 0 Å².